The van der Waals surface area contributed by atoms with Crippen LogP contribution in [0.25, 0.3) is 0 Å². The van der Waals surface area contributed by atoms with Gasteiger partial charge in [0.05, 0.1) is 12.0 Å². The maximum atomic E-state index is 13.3. The number of carboxylic acids is 1. The Bertz CT molecular complexity index is 563. The number of carboxylic acid groups (broad SMARTS) is 1. The smallest absolute Gasteiger partial charge is 0.311 e. The van der Waals surface area contributed by atoms with Crippen LogP contribution in [-0.4, -0.2) is 41.6 Å². The van der Waals surface area contributed by atoms with E-state index in [2.05, 4.69) is 0 Å². The Labute approximate surface area is 128 Å². The van der Waals surface area contributed by atoms with Gasteiger partial charge in [0.1, 0.15) is 0 Å². The summed E-state index contributed by atoms with van der Waals surface area (Å²) in [5.74, 6) is -1.20. The molecule has 22 heavy (non-hydrogen) atoms. The minimum Gasteiger partial charge on any atom is -0.491 e. The maximum absolute atomic E-state index is 13.3. The SMILES string of the molecule is C[C@]1(C(=O)O)CCN(C(=O)CCCOc2ccccc2F)C1. The van der Waals surface area contributed by atoms with E-state index in [1.165, 1.54) is 12.1 Å². The Hall–Kier alpha value is -2.11. The number of rotatable bonds is 6. The average molecular weight is 309 g/mol. The fourth-order valence-electron chi connectivity index (χ4n) is 2.47. The second-order valence-electron chi connectivity index (χ2n) is 5.81. The Morgan fingerprint density at radius 1 is 1.41 bits per heavy atom. The highest BCUT2D eigenvalue weighted by molar-refractivity contribution is 5.80. The lowest BCUT2D eigenvalue weighted by Gasteiger charge is -2.20. The molecule has 1 aliphatic heterocycles. The number of carbonyl (C=O) groups excluding carboxylic acids is 1. The molecule has 1 aromatic rings. The van der Waals surface area contributed by atoms with Crippen LogP contribution in [0.2, 0.25) is 0 Å². The zero-order valence-corrected chi connectivity index (χ0v) is 12.5. The summed E-state index contributed by atoms with van der Waals surface area (Å²) in [4.78, 5) is 24.8. The summed E-state index contributed by atoms with van der Waals surface area (Å²) in [6.45, 7) is 2.62. The minimum atomic E-state index is -0.870. The van der Waals surface area contributed by atoms with Crippen molar-refractivity contribution in [1.29, 1.82) is 0 Å². The molecule has 5 nitrogen and oxygen atoms in total. The summed E-state index contributed by atoms with van der Waals surface area (Å²) in [7, 11) is 0. The number of likely N-dealkylation sites (tertiary alicyclic amines) is 1. The maximum Gasteiger partial charge on any atom is 0.311 e. The fraction of sp³-hybridized carbons (Fsp3) is 0.500. The predicted molar refractivity (Wildman–Crippen MR) is 78.1 cm³/mol. The van der Waals surface area contributed by atoms with Crippen LogP contribution in [0.15, 0.2) is 24.3 Å². The highest BCUT2D eigenvalue weighted by Gasteiger charge is 2.41. The lowest BCUT2D eigenvalue weighted by Crippen LogP contribution is -2.34. The number of carbonyl (C=O) groups is 2. The van der Waals surface area contributed by atoms with Gasteiger partial charge in [-0.05, 0) is 31.9 Å². The zero-order chi connectivity index (χ0) is 16.2. The number of hydrogen-bond acceptors (Lipinski definition) is 3. The standard InChI is InChI=1S/C16H20FNO4/c1-16(15(20)21)8-9-18(11-16)14(19)7-4-10-22-13-6-3-2-5-12(13)17/h2-3,5-6H,4,7-11H2,1H3,(H,20,21)/t16-/m0/s1. The molecule has 120 valence electrons. The highest BCUT2D eigenvalue weighted by atomic mass is 19.1. The molecule has 0 saturated carbocycles. The van der Waals surface area contributed by atoms with Gasteiger partial charge < -0.3 is 14.7 Å². The lowest BCUT2D eigenvalue weighted by molar-refractivity contribution is -0.147. The molecule has 6 heteroatoms. The van der Waals surface area contributed by atoms with Gasteiger partial charge in [-0.15, -0.1) is 0 Å². The molecule has 1 fully saturated rings. The molecular formula is C16H20FNO4. The molecule has 1 aliphatic rings. The normalized spacial score (nSPS) is 20.9. The van der Waals surface area contributed by atoms with Gasteiger partial charge >= 0.3 is 5.97 Å². The van der Waals surface area contributed by atoms with Crippen molar-refractivity contribution in [3.05, 3.63) is 30.1 Å². The van der Waals surface area contributed by atoms with Gasteiger partial charge in [0.2, 0.25) is 5.91 Å². The quantitative estimate of drug-likeness (QED) is 0.819. The van der Waals surface area contributed by atoms with Gasteiger partial charge in [-0.1, -0.05) is 12.1 Å². The largest absolute Gasteiger partial charge is 0.491 e. The average Bonchev–Trinajstić information content (AvgIpc) is 2.89. The van der Waals surface area contributed by atoms with E-state index in [1.807, 2.05) is 0 Å². The van der Waals surface area contributed by atoms with Gasteiger partial charge in [-0.25, -0.2) is 4.39 Å². The third-order valence-corrected chi connectivity index (χ3v) is 3.97. The van der Waals surface area contributed by atoms with Crippen molar-refractivity contribution < 1.29 is 23.8 Å². The van der Waals surface area contributed by atoms with Gasteiger partial charge in [0.25, 0.3) is 0 Å². The van der Waals surface area contributed by atoms with Crippen molar-refractivity contribution in [2.45, 2.75) is 26.2 Å². The molecule has 0 unspecified atom stereocenters. The summed E-state index contributed by atoms with van der Waals surface area (Å²) in [6, 6.07) is 6.12. The van der Waals surface area contributed by atoms with Crippen molar-refractivity contribution in [3.8, 4) is 5.75 Å². The number of halogens is 1. The Morgan fingerprint density at radius 2 is 2.14 bits per heavy atom. The molecule has 2 rings (SSSR count). The first kappa shape index (κ1) is 16.3. The van der Waals surface area contributed by atoms with E-state index >= 15 is 0 Å². The first-order valence-corrected chi connectivity index (χ1v) is 7.31. The molecule has 0 aromatic heterocycles. The van der Waals surface area contributed by atoms with Crippen molar-refractivity contribution in [2.75, 3.05) is 19.7 Å². The Kier molecular flexibility index (Phi) is 5.00. The Balaban J connectivity index is 1.73. The number of benzene rings is 1. The molecule has 0 radical (unpaired) electrons. The number of amides is 1. The number of ether oxygens (including phenoxy) is 1. The minimum absolute atomic E-state index is 0.0814. The number of hydrogen-bond donors (Lipinski definition) is 1. The molecule has 1 amide bonds. The Morgan fingerprint density at radius 3 is 2.77 bits per heavy atom. The van der Waals surface area contributed by atoms with Gasteiger partial charge in [0.15, 0.2) is 11.6 Å². The second-order valence-corrected chi connectivity index (χ2v) is 5.81. The molecule has 1 N–H and O–H groups in total. The van der Waals surface area contributed by atoms with Crippen LogP contribution in [-0.2, 0) is 9.59 Å². The van der Waals surface area contributed by atoms with Crippen molar-refractivity contribution in [1.82, 2.24) is 4.90 Å². The first-order valence-electron chi connectivity index (χ1n) is 7.31. The number of para-hydroxylation sites is 1. The molecule has 1 atom stereocenters. The molecule has 1 saturated heterocycles. The third-order valence-electron chi connectivity index (χ3n) is 3.97. The molecule has 0 spiro atoms. The molecular weight excluding hydrogens is 289 g/mol. The van der Waals surface area contributed by atoms with Crippen molar-refractivity contribution in [3.63, 3.8) is 0 Å². The van der Waals surface area contributed by atoms with E-state index in [9.17, 15) is 14.0 Å². The molecule has 0 bridgehead atoms. The third kappa shape index (κ3) is 3.75. The number of nitrogens with zero attached hydrogens (tertiary/aromatic N) is 1. The first-order chi connectivity index (χ1) is 10.4. The lowest BCUT2D eigenvalue weighted by atomic mass is 9.90. The van der Waals surface area contributed by atoms with Crippen LogP contribution in [0.5, 0.6) is 5.75 Å². The van der Waals surface area contributed by atoms with Crippen LogP contribution >= 0.6 is 0 Å². The van der Waals surface area contributed by atoms with Crippen LogP contribution < -0.4 is 4.74 Å². The van der Waals surface area contributed by atoms with E-state index in [0.717, 1.165) is 0 Å². The zero-order valence-electron chi connectivity index (χ0n) is 12.5. The van der Waals surface area contributed by atoms with Crippen LogP contribution in [0, 0.1) is 11.2 Å². The van der Waals surface area contributed by atoms with E-state index in [0.29, 0.717) is 19.4 Å². The van der Waals surface area contributed by atoms with Crippen LogP contribution in [0.4, 0.5) is 4.39 Å². The predicted octanol–water partition coefficient (Wildman–Crippen LogP) is 2.31. The fourth-order valence-corrected chi connectivity index (χ4v) is 2.47. The molecule has 0 aliphatic carbocycles. The summed E-state index contributed by atoms with van der Waals surface area (Å²) >= 11 is 0. The van der Waals surface area contributed by atoms with Gasteiger partial charge in [0, 0.05) is 19.5 Å². The van der Waals surface area contributed by atoms with E-state index in [-0.39, 0.29) is 31.2 Å². The van der Waals surface area contributed by atoms with Crippen molar-refractivity contribution in [2.24, 2.45) is 5.41 Å². The summed E-state index contributed by atoms with van der Waals surface area (Å²) < 4.78 is 18.6. The summed E-state index contributed by atoms with van der Waals surface area (Å²) in [5.41, 5.74) is -0.848. The van der Waals surface area contributed by atoms with E-state index < -0.39 is 17.2 Å². The topological polar surface area (TPSA) is 66.8 Å². The van der Waals surface area contributed by atoms with Gasteiger partial charge in [-0.2, -0.15) is 0 Å². The van der Waals surface area contributed by atoms with E-state index in [4.69, 9.17) is 9.84 Å². The van der Waals surface area contributed by atoms with Gasteiger partial charge in [-0.3, -0.25) is 9.59 Å². The second kappa shape index (κ2) is 6.77. The molecule has 1 heterocycles. The van der Waals surface area contributed by atoms with Crippen molar-refractivity contribution >= 4 is 11.9 Å². The van der Waals surface area contributed by atoms with E-state index in [1.54, 1.807) is 24.0 Å². The van der Waals surface area contributed by atoms with Crippen LogP contribution in [0.1, 0.15) is 26.2 Å². The number of aliphatic carboxylic acids is 1. The highest BCUT2D eigenvalue weighted by Crippen LogP contribution is 2.30. The summed E-state index contributed by atoms with van der Waals surface area (Å²) in [5, 5.41) is 9.14. The van der Waals surface area contributed by atoms with Crippen LogP contribution in [0.3, 0.4) is 0 Å². The monoisotopic (exact) mass is 309 g/mol. The summed E-state index contributed by atoms with van der Waals surface area (Å²) in [6.07, 6.45) is 1.21. The molecule has 1 aromatic carbocycles.